The van der Waals surface area contributed by atoms with E-state index in [9.17, 15) is 4.79 Å². The highest BCUT2D eigenvalue weighted by atomic mass is 32.2. The van der Waals surface area contributed by atoms with Crippen molar-refractivity contribution in [1.29, 1.82) is 5.41 Å². The van der Waals surface area contributed by atoms with Gasteiger partial charge in [-0.25, -0.2) is 4.31 Å². The van der Waals surface area contributed by atoms with Crippen molar-refractivity contribution in [2.24, 2.45) is 0 Å². The summed E-state index contributed by atoms with van der Waals surface area (Å²) in [4.78, 5) is 16.5. The lowest BCUT2D eigenvalue weighted by Crippen LogP contribution is -2.29. The van der Waals surface area contributed by atoms with Crippen LogP contribution in [-0.2, 0) is 11.3 Å². The molecule has 4 rings (SSSR count). The summed E-state index contributed by atoms with van der Waals surface area (Å²) in [6.45, 7) is 9.11. The van der Waals surface area contributed by atoms with E-state index in [1.54, 1.807) is 11.9 Å². The summed E-state index contributed by atoms with van der Waals surface area (Å²) in [5.41, 5.74) is 4.31. The van der Waals surface area contributed by atoms with Gasteiger partial charge < -0.3 is 15.5 Å². The third-order valence-corrected chi connectivity index (χ3v) is 7.87. The Labute approximate surface area is 225 Å². The van der Waals surface area contributed by atoms with Crippen LogP contribution in [0.3, 0.4) is 0 Å². The molecule has 0 spiro atoms. The largest absolute Gasteiger partial charge is 0.380 e. The monoisotopic (exact) mass is 515 g/mol. The number of carbonyl (C=O) groups is 1. The standard InChI is InChI=1S/C30H37N5OS/c1-3-35(4-2)37-26-18-12-23(13-19-26)22-32-28-11-7-6-10-27(28)29(31)30(36)33-24-14-16-25(17-15-24)34-20-8-5-9-21-34/h6-7,10-19,31-32H,3-5,8-9,20-22H2,1-2H3,(H,33,36). The number of carbonyl (C=O) groups excluding carboxylic acids is 1. The Morgan fingerprint density at radius 3 is 2.27 bits per heavy atom. The van der Waals surface area contributed by atoms with E-state index in [-0.39, 0.29) is 5.71 Å². The van der Waals surface area contributed by atoms with Gasteiger partial charge in [-0.2, -0.15) is 0 Å². The van der Waals surface area contributed by atoms with Gasteiger partial charge in [0.1, 0.15) is 5.71 Å². The first-order chi connectivity index (χ1) is 18.1. The molecule has 0 radical (unpaired) electrons. The number of hydrogen-bond acceptors (Lipinski definition) is 6. The lowest BCUT2D eigenvalue weighted by atomic mass is 10.1. The summed E-state index contributed by atoms with van der Waals surface area (Å²) >= 11 is 1.77. The second kappa shape index (κ2) is 13.3. The average molecular weight is 516 g/mol. The van der Waals surface area contributed by atoms with Gasteiger partial charge in [0.25, 0.3) is 5.91 Å². The lowest BCUT2D eigenvalue weighted by Gasteiger charge is -2.28. The Morgan fingerprint density at radius 1 is 0.919 bits per heavy atom. The zero-order valence-electron chi connectivity index (χ0n) is 21.8. The van der Waals surface area contributed by atoms with Gasteiger partial charge in [0.15, 0.2) is 0 Å². The minimum absolute atomic E-state index is 0.0609. The highest BCUT2D eigenvalue weighted by Crippen LogP contribution is 2.24. The molecule has 0 bridgehead atoms. The van der Waals surface area contributed by atoms with Gasteiger partial charge in [0, 0.05) is 60.2 Å². The number of rotatable bonds is 11. The Bertz CT molecular complexity index is 1170. The molecule has 1 heterocycles. The quantitative estimate of drug-likeness (QED) is 0.197. The predicted molar refractivity (Wildman–Crippen MR) is 157 cm³/mol. The molecule has 1 fully saturated rings. The van der Waals surface area contributed by atoms with Gasteiger partial charge in [-0.05, 0) is 79.2 Å². The maximum absolute atomic E-state index is 12.9. The molecule has 0 saturated carbocycles. The third-order valence-electron chi connectivity index (χ3n) is 6.62. The highest BCUT2D eigenvalue weighted by Gasteiger charge is 2.16. The third kappa shape index (κ3) is 7.37. The Morgan fingerprint density at radius 2 is 1.59 bits per heavy atom. The number of para-hydroxylation sites is 1. The first-order valence-electron chi connectivity index (χ1n) is 13.2. The molecule has 3 aromatic rings. The van der Waals surface area contributed by atoms with Crippen LogP contribution < -0.4 is 15.5 Å². The molecule has 0 unspecified atom stereocenters. The summed E-state index contributed by atoms with van der Waals surface area (Å²) in [5.74, 6) is -0.419. The molecule has 6 nitrogen and oxygen atoms in total. The van der Waals surface area contributed by atoms with Gasteiger partial charge in [-0.3, -0.25) is 10.2 Å². The molecule has 0 atom stereocenters. The van der Waals surface area contributed by atoms with Crippen LogP contribution in [0.25, 0.3) is 0 Å². The Hall–Kier alpha value is -3.29. The number of amides is 1. The van der Waals surface area contributed by atoms with Crippen molar-refractivity contribution in [1.82, 2.24) is 4.31 Å². The maximum Gasteiger partial charge on any atom is 0.274 e. The first-order valence-corrected chi connectivity index (χ1v) is 13.9. The molecular weight excluding hydrogens is 478 g/mol. The van der Waals surface area contributed by atoms with Gasteiger partial charge in [-0.1, -0.05) is 44.2 Å². The van der Waals surface area contributed by atoms with Crippen molar-refractivity contribution in [2.45, 2.75) is 44.6 Å². The lowest BCUT2D eigenvalue weighted by molar-refractivity contribution is -0.110. The molecule has 0 aromatic heterocycles. The first kappa shape index (κ1) is 26.8. The summed E-state index contributed by atoms with van der Waals surface area (Å²) in [7, 11) is 0. The van der Waals surface area contributed by atoms with Crippen LogP contribution in [0.5, 0.6) is 0 Å². The smallest absolute Gasteiger partial charge is 0.274 e. The van der Waals surface area contributed by atoms with Crippen molar-refractivity contribution in [3.8, 4) is 0 Å². The van der Waals surface area contributed by atoms with E-state index >= 15 is 0 Å². The Balaban J connectivity index is 1.35. The number of hydrogen-bond donors (Lipinski definition) is 3. The molecule has 3 N–H and O–H groups in total. The van der Waals surface area contributed by atoms with E-state index in [0.717, 1.165) is 37.4 Å². The van der Waals surface area contributed by atoms with E-state index in [2.05, 4.69) is 58.0 Å². The van der Waals surface area contributed by atoms with Crippen LogP contribution in [0.2, 0.25) is 0 Å². The summed E-state index contributed by atoms with van der Waals surface area (Å²) < 4.78 is 2.31. The molecule has 7 heteroatoms. The molecule has 194 valence electrons. The van der Waals surface area contributed by atoms with Crippen LogP contribution in [0.4, 0.5) is 17.1 Å². The minimum atomic E-state index is -0.419. The Kier molecular flexibility index (Phi) is 9.63. The van der Waals surface area contributed by atoms with Crippen molar-refractivity contribution < 1.29 is 4.79 Å². The summed E-state index contributed by atoms with van der Waals surface area (Å²) in [6, 6.07) is 23.9. The molecule has 0 aliphatic carbocycles. The van der Waals surface area contributed by atoms with E-state index in [0.29, 0.717) is 17.8 Å². The number of benzene rings is 3. The van der Waals surface area contributed by atoms with Gasteiger partial charge in [0.05, 0.1) is 0 Å². The van der Waals surface area contributed by atoms with Crippen molar-refractivity contribution in [3.63, 3.8) is 0 Å². The number of anilines is 3. The fourth-order valence-corrected chi connectivity index (χ4v) is 5.26. The molecule has 1 aliphatic heterocycles. The average Bonchev–Trinajstić information content (AvgIpc) is 2.96. The van der Waals surface area contributed by atoms with E-state index in [1.807, 2.05) is 48.5 Å². The zero-order chi connectivity index (χ0) is 26.0. The fourth-order valence-electron chi connectivity index (χ4n) is 4.45. The van der Waals surface area contributed by atoms with Crippen LogP contribution in [-0.4, -0.2) is 42.1 Å². The van der Waals surface area contributed by atoms with Gasteiger partial charge in [-0.15, -0.1) is 0 Å². The zero-order valence-corrected chi connectivity index (χ0v) is 22.6. The fraction of sp³-hybridized carbons (Fsp3) is 0.333. The molecule has 1 saturated heterocycles. The normalized spacial score (nSPS) is 13.4. The second-order valence-corrected chi connectivity index (χ2v) is 10.3. The van der Waals surface area contributed by atoms with Crippen LogP contribution >= 0.6 is 11.9 Å². The summed E-state index contributed by atoms with van der Waals surface area (Å²) in [5, 5.41) is 14.9. The second-order valence-electron chi connectivity index (χ2n) is 9.17. The molecule has 1 amide bonds. The predicted octanol–water partition coefficient (Wildman–Crippen LogP) is 6.64. The molecule has 37 heavy (non-hydrogen) atoms. The van der Waals surface area contributed by atoms with Crippen LogP contribution in [0, 0.1) is 5.41 Å². The van der Waals surface area contributed by atoms with E-state index < -0.39 is 5.91 Å². The minimum Gasteiger partial charge on any atom is -0.380 e. The maximum atomic E-state index is 12.9. The number of nitrogens with zero attached hydrogens (tertiary/aromatic N) is 2. The number of piperidine rings is 1. The number of nitrogens with one attached hydrogen (secondary N) is 3. The van der Waals surface area contributed by atoms with Crippen molar-refractivity contribution in [2.75, 3.05) is 41.7 Å². The van der Waals surface area contributed by atoms with Crippen molar-refractivity contribution >= 4 is 40.6 Å². The van der Waals surface area contributed by atoms with E-state index in [1.165, 1.54) is 29.8 Å². The molecular formula is C30H37N5OS. The van der Waals surface area contributed by atoms with Gasteiger partial charge >= 0.3 is 0 Å². The van der Waals surface area contributed by atoms with Crippen LogP contribution in [0.1, 0.15) is 44.2 Å². The van der Waals surface area contributed by atoms with E-state index in [4.69, 9.17) is 5.41 Å². The highest BCUT2D eigenvalue weighted by molar-refractivity contribution is 7.97. The summed E-state index contributed by atoms with van der Waals surface area (Å²) in [6.07, 6.45) is 3.75. The molecule has 1 aliphatic rings. The topological polar surface area (TPSA) is 71.5 Å². The van der Waals surface area contributed by atoms with Crippen molar-refractivity contribution in [3.05, 3.63) is 83.9 Å². The molecule has 3 aromatic carbocycles. The SMILES string of the molecule is CCN(CC)Sc1ccc(CNc2ccccc2C(=N)C(=O)Nc2ccc(N3CCCCC3)cc2)cc1. The van der Waals surface area contributed by atoms with Crippen LogP contribution in [0.15, 0.2) is 77.7 Å². The van der Waals surface area contributed by atoms with Gasteiger partial charge in [0.2, 0.25) is 0 Å².